The summed E-state index contributed by atoms with van der Waals surface area (Å²) in [6.45, 7) is 13.4. The van der Waals surface area contributed by atoms with E-state index < -0.39 is 23.0 Å². The van der Waals surface area contributed by atoms with Crippen molar-refractivity contribution < 1.29 is 24.2 Å². The Hall–Kier alpha value is -3.03. The third-order valence-electron chi connectivity index (χ3n) is 13.6. The molecule has 1 aromatic carbocycles. The molecule has 44 heavy (non-hydrogen) atoms. The Balaban J connectivity index is 1.37. The molecule has 0 bridgehead atoms. The van der Waals surface area contributed by atoms with Crippen molar-refractivity contribution in [2.45, 2.75) is 98.1 Å². The number of hydrogen-bond acceptors (Lipinski definition) is 5. The maximum atomic E-state index is 13.9. The molecule has 3 N–H and O–H groups in total. The first-order valence-electron chi connectivity index (χ1n) is 16.2. The summed E-state index contributed by atoms with van der Waals surface area (Å²) in [5.74, 6) is -0.818. The maximum Gasteiger partial charge on any atom is 0.309 e. The molecule has 3 saturated carbocycles. The van der Waals surface area contributed by atoms with Gasteiger partial charge >= 0.3 is 5.97 Å². The lowest BCUT2D eigenvalue weighted by molar-refractivity contribution is -0.178. The Morgan fingerprint density at radius 3 is 2.23 bits per heavy atom. The number of hydrogen-bond donors (Lipinski definition) is 3. The standard InChI is InChI=1S/C37H48N2O5/c1-32-15-16-33(2,31(42)43)22-28(32)36(5)20-18-34(3)25-21-26(40)29(38-39-30(41)23-11-9-8-10-12-23)37(6,44-7)24(25)13-14-27(34)35(36,4)19-17-32/h8-14,21,28-29,38H,15-20,22H2,1-7H3,(H,39,41)(H,42,43)/t28-,29?,32-,33-,34+,35-,36+,37+/m1/s1. The molecule has 0 radical (unpaired) electrons. The minimum atomic E-state index is -1.00. The molecule has 5 aliphatic carbocycles. The predicted molar refractivity (Wildman–Crippen MR) is 169 cm³/mol. The fourth-order valence-electron chi connectivity index (χ4n) is 10.1. The highest BCUT2D eigenvalue weighted by Crippen LogP contribution is 2.75. The van der Waals surface area contributed by atoms with Crippen LogP contribution >= 0.6 is 0 Å². The van der Waals surface area contributed by atoms with Gasteiger partial charge in [0.2, 0.25) is 0 Å². The number of rotatable bonds is 5. The number of allylic oxidation sites excluding steroid dienone is 3. The average Bonchev–Trinajstić information content (AvgIpc) is 3.00. The van der Waals surface area contributed by atoms with Crippen molar-refractivity contribution in [3.63, 3.8) is 0 Å². The van der Waals surface area contributed by atoms with E-state index in [0.29, 0.717) is 17.9 Å². The molecule has 1 amide bonds. The maximum absolute atomic E-state index is 13.9. The lowest BCUT2D eigenvalue weighted by atomic mass is 9.34. The lowest BCUT2D eigenvalue weighted by Gasteiger charge is -2.70. The van der Waals surface area contributed by atoms with E-state index in [-0.39, 0.29) is 33.4 Å². The van der Waals surface area contributed by atoms with E-state index in [9.17, 15) is 19.5 Å². The van der Waals surface area contributed by atoms with Gasteiger partial charge in [-0.2, -0.15) is 0 Å². The van der Waals surface area contributed by atoms with Crippen LogP contribution in [0.3, 0.4) is 0 Å². The minimum absolute atomic E-state index is 0.0660. The summed E-state index contributed by atoms with van der Waals surface area (Å²) >= 11 is 0. The SMILES string of the molecule is CO[C@@]1(C)C2=CC=C3[C@@](C)(CC[C@@]4(C)[C@@H]5C[C@](C)(C(=O)O)CC[C@]5(C)CC[C@]34C)C2=CC(=O)C1NNC(=O)c1ccccc1. The van der Waals surface area contributed by atoms with E-state index in [1.54, 1.807) is 37.5 Å². The second kappa shape index (κ2) is 9.98. The van der Waals surface area contributed by atoms with Gasteiger partial charge in [0.1, 0.15) is 11.6 Å². The van der Waals surface area contributed by atoms with Crippen LogP contribution in [0.5, 0.6) is 0 Å². The Kier molecular flexibility index (Phi) is 7.03. The first kappa shape index (κ1) is 31.0. The van der Waals surface area contributed by atoms with Crippen molar-refractivity contribution in [2.75, 3.05) is 7.11 Å². The largest absolute Gasteiger partial charge is 0.481 e. The monoisotopic (exact) mass is 600 g/mol. The van der Waals surface area contributed by atoms with Crippen LogP contribution in [0.1, 0.15) is 96.8 Å². The summed E-state index contributed by atoms with van der Waals surface area (Å²) in [5.41, 5.74) is 7.43. The van der Waals surface area contributed by atoms with Crippen LogP contribution in [0.15, 0.2) is 65.3 Å². The zero-order valence-electron chi connectivity index (χ0n) is 27.3. The lowest BCUT2D eigenvalue weighted by Crippen LogP contribution is -2.65. The fourth-order valence-corrected chi connectivity index (χ4v) is 10.1. The van der Waals surface area contributed by atoms with Gasteiger partial charge in [0.05, 0.1) is 5.41 Å². The van der Waals surface area contributed by atoms with E-state index in [0.717, 1.165) is 49.7 Å². The Labute approximate surface area is 261 Å². The molecule has 236 valence electrons. The number of amides is 1. The molecule has 0 aromatic heterocycles. The smallest absolute Gasteiger partial charge is 0.309 e. The first-order valence-corrected chi connectivity index (χ1v) is 16.2. The number of ether oxygens (including phenoxy) is 1. The molecule has 0 spiro atoms. The van der Waals surface area contributed by atoms with Crippen LogP contribution in [-0.4, -0.2) is 41.5 Å². The van der Waals surface area contributed by atoms with Crippen molar-refractivity contribution >= 4 is 17.7 Å². The number of hydrazine groups is 1. The Morgan fingerprint density at radius 1 is 0.886 bits per heavy atom. The van der Waals surface area contributed by atoms with Gasteiger partial charge in [-0.05, 0) is 110 Å². The summed E-state index contributed by atoms with van der Waals surface area (Å²) in [6, 6.07) is 8.10. The van der Waals surface area contributed by atoms with Gasteiger partial charge in [0, 0.05) is 18.1 Å². The number of carbonyl (C=O) groups excluding carboxylic acids is 2. The van der Waals surface area contributed by atoms with Gasteiger partial charge in [-0.3, -0.25) is 19.8 Å². The zero-order chi connectivity index (χ0) is 31.9. The number of carboxylic acid groups (broad SMARTS) is 1. The number of carbonyl (C=O) groups is 3. The van der Waals surface area contributed by atoms with Crippen LogP contribution in [-0.2, 0) is 14.3 Å². The topological polar surface area (TPSA) is 105 Å². The molecule has 7 heteroatoms. The molecule has 6 rings (SSSR count). The quantitative estimate of drug-likeness (QED) is 0.330. The van der Waals surface area contributed by atoms with E-state index in [1.807, 2.05) is 19.9 Å². The fraction of sp³-hybridized carbons (Fsp3) is 0.595. The van der Waals surface area contributed by atoms with Crippen LogP contribution in [0, 0.1) is 33.0 Å². The summed E-state index contributed by atoms with van der Waals surface area (Å²) in [6.07, 6.45) is 12.6. The molecule has 3 fully saturated rings. The van der Waals surface area contributed by atoms with Crippen molar-refractivity contribution in [3.8, 4) is 0 Å². The summed E-state index contributed by atoms with van der Waals surface area (Å²) < 4.78 is 6.15. The molecule has 1 aromatic rings. The zero-order valence-corrected chi connectivity index (χ0v) is 27.3. The Morgan fingerprint density at radius 2 is 1.57 bits per heavy atom. The average molecular weight is 601 g/mol. The molecule has 8 atom stereocenters. The molecule has 0 aliphatic heterocycles. The van der Waals surface area contributed by atoms with Crippen molar-refractivity contribution in [2.24, 2.45) is 33.0 Å². The van der Waals surface area contributed by atoms with Gasteiger partial charge in [0.25, 0.3) is 5.91 Å². The second-order valence-corrected chi connectivity index (χ2v) is 15.7. The van der Waals surface area contributed by atoms with E-state index >= 15 is 0 Å². The van der Waals surface area contributed by atoms with Gasteiger partial charge in [-0.1, -0.05) is 63.6 Å². The van der Waals surface area contributed by atoms with Crippen LogP contribution in [0.4, 0.5) is 0 Å². The highest BCUT2D eigenvalue weighted by atomic mass is 16.5. The van der Waals surface area contributed by atoms with Crippen molar-refractivity contribution in [1.82, 2.24) is 10.9 Å². The van der Waals surface area contributed by atoms with Crippen LogP contribution < -0.4 is 10.9 Å². The molecule has 0 saturated heterocycles. The van der Waals surface area contributed by atoms with E-state index in [4.69, 9.17) is 4.74 Å². The summed E-state index contributed by atoms with van der Waals surface area (Å²) in [4.78, 5) is 39.2. The highest BCUT2D eigenvalue weighted by Gasteiger charge is 2.68. The van der Waals surface area contributed by atoms with E-state index in [2.05, 4.69) is 50.7 Å². The summed E-state index contributed by atoms with van der Waals surface area (Å²) in [7, 11) is 1.62. The molecular weight excluding hydrogens is 552 g/mol. The number of carboxylic acids is 1. The van der Waals surface area contributed by atoms with Gasteiger partial charge in [0.15, 0.2) is 5.78 Å². The third kappa shape index (κ3) is 4.11. The van der Waals surface area contributed by atoms with Gasteiger partial charge < -0.3 is 9.84 Å². The van der Waals surface area contributed by atoms with Crippen molar-refractivity contribution in [3.05, 3.63) is 70.8 Å². The normalized spacial score (nSPS) is 42.8. The highest BCUT2D eigenvalue weighted by molar-refractivity contribution is 6.00. The molecule has 7 nitrogen and oxygen atoms in total. The van der Waals surface area contributed by atoms with Crippen LogP contribution in [0.2, 0.25) is 0 Å². The third-order valence-corrected chi connectivity index (χ3v) is 13.6. The van der Waals surface area contributed by atoms with Gasteiger partial charge in [-0.25, -0.2) is 5.43 Å². The van der Waals surface area contributed by atoms with Crippen LogP contribution in [0.25, 0.3) is 0 Å². The second-order valence-electron chi connectivity index (χ2n) is 15.7. The number of aliphatic carboxylic acids is 1. The molecule has 5 aliphatic rings. The minimum Gasteiger partial charge on any atom is -0.481 e. The molecular formula is C37H48N2O5. The Bertz CT molecular complexity index is 1510. The molecule has 0 heterocycles. The van der Waals surface area contributed by atoms with E-state index in [1.165, 1.54) is 5.57 Å². The van der Waals surface area contributed by atoms with Gasteiger partial charge in [-0.15, -0.1) is 0 Å². The number of fused-ring (bicyclic) bond motifs is 7. The molecule has 1 unspecified atom stereocenters. The predicted octanol–water partition coefficient (Wildman–Crippen LogP) is 6.57. The number of benzene rings is 1. The number of ketones is 1. The van der Waals surface area contributed by atoms with Crippen molar-refractivity contribution in [1.29, 1.82) is 0 Å². The number of methoxy groups -OCH3 is 1. The number of nitrogens with one attached hydrogen (secondary N) is 2. The first-order chi connectivity index (χ1) is 20.6. The summed E-state index contributed by atoms with van der Waals surface area (Å²) in [5, 5.41) is 10.2.